The Hall–Kier alpha value is -2.67. The molecule has 28 heavy (non-hydrogen) atoms. The van der Waals surface area contributed by atoms with Crippen LogP contribution in [0.25, 0.3) is 0 Å². The first-order chi connectivity index (χ1) is 13.6. The van der Waals surface area contributed by atoms with Crippen LogP contribution in [-0.4, -0.2) is 47.0 Å². The lowest BCUT2D eigenvalue weighted by molar-refractivity contribution is -0.117. The summed E-state index contributed by atoms with van der Waals surface area (Å²) in [5, 5.41) is 3.44. The molecule has 4 heterocycles. The van der Waals surface area contributed by atoms with Crippen LogP contribution in [0.1, 0.15) is 36.2 Å². The number of nitrogens with two attached hydrogens (primary N) is 1. The normalized spacial score (nSPS) is 17.0. The zero-order valence-corrected chi connectivity index (χ0v) is 16.4. The van der Waals surface area contributed by atoms with Gasteiger partial charge < -0.3 is 20.9 Å². The number of amides is 1. The maximum absolute atomic E-state index is 12.5. The highest BCUT2D eigenvalue weighted by atomic mass is 16.2. The summed E-state index contributed by atoms with van der Waals surface area (Å²) in [7, 11) is 0. The van der Waals surface area contributed by atoms with E-state index in [9.17, 15) is 4.79 Å². The standard InChI is InChI=1S/C21H28N6O/c1-15-11-19-18(21(22)25-15)12-20(28)27(19)14-17-6-5-16(13-24-17)23-7-10-26-8-3-2-4-9-26/h5-6,11,13,23H,2-4,7-10,12,14H2,1H3,(H2,22,25). The number of likely N-dealkylation sites (tertiary alicyclic amines) is 1. The van der Waals surface area contributed by atoms with E-state index in [1.807, 2.05) is 31.3 Å². The van der Waals surface area contributed by atoms with E-state index in [0.29, 0.717) is 18.8 Å². The van der Waals surface area contributed by atoms with Crippen molar-refractivity contribution in [3.05, 3.63) is 41.3 Å². The molecular weight excluding hydrogens is 352 g/mol. The number of rotatable bonds is 6. The van der Waals surface area contributed by atoms with Gasteiger partial charge in [-0.15, -0.1) is 0 Å². The maximum Gasteiger partial charge on any atom is 0.232 e. The number of carbonyl (C=O) groups excluding carboxylic acids is 1. The van der Waals surface area contributed by atoms with Crippen molar-refractivity contribution in [3.63, 3.8) is 0 Å². The highest BCUT2D eigenvalue weighted by Gasteiger charge is 2.30. The van der Waals surface area contributed by atoms with Crippen LogP contribution in [0.5, 0.6) is 0 Å². The molecule has 0 spiro atoms. The second-order valence-electron chi connectivity index (χ2n) is 7.67. The van der Waals surface area contributed by atoms with Crippen LogP contribution in [0.4, 0.5) is 17.2 Å². The number of anilines is 3. The van der Waals surface area contributed by atoms with Crippen molar-refractivity contribution >= 4 is 23.1 Å². The summed E-state index contributed by atoms with van der Waals surface area (Å²) in [5.74, 6) is 0.492. The summed E-state index contributed by atoms with van der Waals surface area (Å²) >= 11 is 0. The molecule has 0 unspecified atom stereocenters. The van der Waals surface area contributed by atoms with Crippen LogP contribution in [0, 0.1) is 6.92 Å². The van der Waals surface area contributed by atoms with Crippen LogP contribution in [0.2, 0.25) is 0 Å². The van der Waals surface area contributed by atoms with E-state index in [2.05, 4.69) is 20.2 Å². The van der Waals surface area contributed by atoms with Gasteiger partial charge in [0, 0.05) is 24.3 Å². The summed E-state index contributed by atoms with van der Waals surface area (Å²) in [6.45, 7) is 6.75. The van der Waals surface area contributed by atoms with Crippen molar-refractivity contribution in [2.75, 3.05) is 42.1 Å². The quantitative estimate of drug-likeness (QED) is 0.800. The third-order valence-electron chi connectivity index (χ3n) is 5.53. The van der Waals surface area contributed by atoms with Crippen molar-refractivity contribution in [2.45, 2.75) is 39.2 Å². The van der Waals surface area contributed by atoms with Gasteiger partial charge >= 0.3 is 0 Å². The number of carbonyl (C=O) groups is 1. The third-order valence-corrected chi connectivity index (χ3v) is 5.53. The predicted molar refractivity (Wildman–Crippen MR) is 111 cm³/mol. The molecule has 0 aromatic carbocycles. The smallest absolute Gasteiger partial charge is 0.232 e. The molecule has 1 fully saturated rings. The first kappa shape index (κ1) is 18.7. The van der Waals surface area contributed by atoms with E-state index in [4.69, 9.17) is 5.73 Å². The van der Waals surface area contributed by atoms with Crippen molar-refractivity contribution in [2.24, 2.45) is 0 Å². The van der Waals surface area contributed by atoms with Crippen LogP contribution in [0.15, 0.2) is 24.4 Å². The van der Waals surface area contributed by atoms with Gasteiger partial charge in [-0.2, -0.15) is 0 Å². The molecule has 2 aromatic rings. The number of pyridine rings is 2. The van der Waals surface area contributed by atoms with E-state index < -0.39 is 0 Å². The van der Waals surface area contributed by atoms with Gasteiger partial charge in [0.1, 0.15) is 5.82 Å². The molecule has 0 saturated carbocycles. The van der Waals surface area contributed by atoms with E-state index >= 15 is 0 Å². The number of hydrogen-bond acceptors (Lipinski definition) is 6. The lowest BCUT2D eigenvalue weighted by Gasteiger charge is -2.26. The summed E-state index contributed by atoms with van der Waals surface area (Å²) in [6, 6.07) is 5.94. The van der Waals surface area contributed by atoms with E-state index in [1.165, 1.54) is 32.4 Å². The molecule has 7 heteroatoms. The Morgan fingerprint density at radius 2 is 2.04 bits per heavy atom. The van der Waals surface area contributed by atoms with Crippen LogP contribution in [-0.2, 0) is 17.8 Å². The van der Waals surface area contributed by atoms with Gasteiger partial charge in [0.25, 0.3) is 0 Å². The molecule has 2 aliphatic rings. The van der Waals surface area contributed by atoms with E-state index in [1.54, 1.807) is 4.90 Å². The highest BCUT2D eigenvalue weighted by Crippen LogP contribution is 2.33. The van der Waals surface area contributed by atoms with Crippen molar-refractivity contribution in [3.8, 4) is 0 Å². The number of hydrogen-bond donors (Lipinski definition) is 2. The Balaban J connectivity index is 1.35. The molecule has 2 aliphatic heterocycles. The molecule has 0 aliphatic carbocycles. The van der Waals surface area contributed by atoms with E-state index in [-0.39, 0.29) is 5.91 Å². The maximum atomic E-state index is 12.5. The summed E-state index contributed by atoms with van der Waals surface area (Å²) < 4.78 is 0. The fourth-order valence-electron chi connectivity index (χ4n) is 4.01. The topological polar surface area (TPSA) is 87.4 Å². The number of nitrogens with zero attached hydrogens (tertiary/aromatic N) is 4. The number of aryl methyl sites for hydroxylation is 1. The molecule has 0 radical (unpaired) electrons. The molecule has 7 nitrogen and oxygen atoms in total. The molecule has 4 rings (SSSR count). The SMILES string of the molecule is Cc1cc2c(c(N)n1)CC(=O)N2Cc1ccc(NCCN2CCCCC2)cn1. The Labute approximate surface area is 166 Å². The minimum absolute atomic E-state index is 0.0413. The van der Waals surface area contributed by atoms with E-state index in [0.717, 1.165) is 41.4 Å². The monoisotopic (exact) mass is 380 g/mol. The first-order valence-corrected chi connectivity index (χ1v) is 10.1. The number of nitrogen functional groups attached to an aromatic ring is 1. The Morgan fingerprint density at radius 3 is 2.79 bits per heavy atom. The van der Waals surface area contributed by atoms with Gasteiger partial charge in [0.05, 0.1) is 36.2 Å². The fraction of sp³-hybridized carbons (Fsp3) is 0.476. The molecule has 0 atom stereocenters. The lowest BCUT2D eigenvalue weighted by atomic mass is 10.1. The zero-order valence-electron chi connectivity index (χ0n) is 16.4. The Bertz CT molecular complexity index is 845. The minimum Gasteiger partial charge on any atom is -0.383 e. The lowest BCUT2D eigenvalue weighted by Crippen LogP contribution is -2.33. The average Bonchev–Trinajstić information content (AvgIpc) is 3.00. The van der Waals surface area contributed by atoms with Crippen molar-refractivity contribution < 1.29 is 4.79 Å². The first-order valence-electron chi connectivity index (χ1n) is 10.1. The summed E-state index contributed by atoms with van der Waals surface area (Å²) in [6.07, 6.45) is 6.15. The Kier molecular flexibility index (Phi) is 5.43. The van der Waals surface area contributed by atoms with Gasteiger partial charge in [-0.05, 0) is 51.1 Å². The number of nitrogens with one attached hydrogen (secondary N) is 1. The van der Waals surface area contributed by atoms with Crippen LogP contribution in [0.3, 0.4) is 0 Å². The fourth-order valence-corrected chi connectivity index (χ4v) is 4.01. The number of piperidine rings is 1. The largest absolute Gasteiger partial charge is 0.383 e. The highest BCUT2D eigenvalue weighted by molar-refractivity contribution is 6.02. The molecule has 2 aromatic heterocycles. The second-order valence-corrected chi connectivity index (χ2v) is 7.67. The number of aromatic nitrogens is 2. The second kappa shape index (κ2) is 8.14. The molecule has 0 bridgehead atoms. The zero-order chi connectivity index (χ0) is 19.5. The molecule has 1 saturated heterocycles. The predicted octanol–water partition coefficient (Wildman–Crippen LogP) is 2.35. The van der Waals surface area contributed by atoms with Crippen molar-refractivity contribution in [1.82, 2.24) is 14.9 Å². The molecule has 3 N–H and O–H groups in total. The van der Waals surface area contributed by atoms with Crippen molar-refractivity contribution in [1.29, 1.82) is 0 Å². The molecule has 1 amide bonds. The van der Waals surface area contributed by atoms with Gasteiger partial charge in [-0.3, -0.25) is 9.78 Å². The Morgan fingerprint density at radius 1 is 1.21 bits per heavy atom. The van der Waals surface area contributed by atoms with Gasteiger partial charge in [-0.25, -0.2) is 4.98 Å². The number of fused-ring (bicyclic) bond motifs is 1. The van der Waals surface area contributed by atoms with Crippen LogP contribution < -0.4 is 16.0 Å². The molecular formula is C21H28N6O. The average molecular weight is 380 g/mol. The summed E-state index contributed by atoms with van der Waals surface area (Å²) in [4.78, 5) is 25.5. The van der Waals surface area contributed by atoms with Gasteiger partial charge in [0.2, 0.25) is 5.91 Å². The van der Waals surface area contributed by atoms with Gasteiger partial charge in [-0.1, -0.05) is 6.42 Å². The van der Waals surface area contributed by atoms with Gasteiger partial charge in [0.15, 0.2) is 0 Å². The summed E-state index contributed by atoms with van der Waals surface area (Å²) in [5.41, 5.74) is 10.4. The minimum atomic E-state index is 0.0413. The van der Waals surface area contributed by atoms with Crippen LogP contribution >= 0.6 is 0 Å². The molecule has 148 valence electrons. The third kappa shape index (κ3) is 4.09.